The highest BCUT2D eigenvalue weighted by Crippen LogP contribution is 2.20. The minimum absolute atomic E-state index is 0.0763. The maximum Gasteiger partial charge on any atom is 0.317 e. The second kappa shape index (κ2) is 6.91. The molecule has 1 aliphatic rings. The summed E-state index contributed by atoms with van der Waals surface area (Å²) in [5.74, 6) is -0.910. The molecular weight excluding hydrogens is 292 g/mol. The van der Waals surface area contributed by atoms with Gasteiger partial charge in [-0.15, -0.1) is 11.3 Å². The quantitative estimate of drug-likeness (QED) is 0.888. The molecule has 1 atom stereocenters. The van der Waals surface area contributed by atoms with Crippen LogP contribution in [0.1, 0.15) is 21.7 Å². The van der Waals surface area contributed by atoms with E-state index in [2.05, 4.69) is 25.2 Å². The third-order valence-corrected chi connectivity index (χ3v) is 4.61. The minimum Gasteiger partial charge on any atom is -0.481 e. The first kappa shape index (κ1) is 15.8. The zero-order valence-corrected chi connectivity index (χ0v) is 13.0. The molecule has 0 spiro atoms. The first-order valence-corrected chi connectivity index (χ1v) is 7.69. The standard InChI is InChI=1S/C14H20N2O4S/c1-9-5-12(21-10(9)2)7-15-14(19)16-3-4-20-11(8-16)6-13(17)18/h5,11H,3-4,6-8H2,1-2H3,(H,15,19)(H,17,18). The van der Waals surface area contributed by atoms with Crippen LogP contribution in [0.3, 0.4) is 0 Å². The third kappa shape index (κ3) is 4.44. The molecule has 0 aliphatic carbocycles. The molecule has 1 aliphatic heterocycles. The van der Waals surface area contributed by atoms with Gasteiger partial charge in [-0.25, -0.2) is 4.79 Å². The number of nitrogens with zero attached hydrogens (tertiary/aromatic N) is 1. The number of amides is 2. The van der Waals surface area contributed by atoms with Gasteiger partial charge in [0, 0.05) is 22.8 Å². The highest BCUT2D eigenvalue weighted by Gasteiger charge is 2.25. The Balaban J connectivity index is 1.83. The Hall–Kier alpha value is -1.60. The molecule has 2 rings (SSSR count). The number of morpholine rings is 1. The Morgan fingerprint density at radius 2 is 2.29 bits per heavy atom. The lowest BCUT2D eigenvalue weighted by Gasteiger charge is -2.32. The fraction of sp³-hybridized carbons (Fsp3) is 0.571. The number of aryl methyl sites for hydroxylation is 2. The average Bonchev–Trinajstić information content (AvgIpc) is 2.75. The van der Waals surface area contributed by atoms with Crippen molar-refractivity contribution in [3.63, 3.8) is 0 Å². The smallest absolute Gasteiger partial charge is 0.317 e. The Morgan fingerprint density at radius 1 is 1.52 bits per heavy atom. The Bertz CT molecular complexity index is 510. The van der Waals surface area contributed by atoms with Crippen LogP contribution >= 0.6 is 11.3 Å². The predicted molar refractivity (Wildman–Crippen MR) is 79.6 cm³/mol. The van der Waals surface area contributed by atoms with Crippen molar-refractivity contribution in [1.29, 1.82) is 0 Å². The predicted octanol–water partition coefficient (Wildman–Crippen LogP) is 1.75. The third-order valence-electron chi connectivity index (χ3n) is 3.46. The van der Waals surface area contributed by atoms with Crippen molar-refractivity contribution in [1.82, 2.24) is 10.2 Å². The van der Waals surface area contributed by atoms with Gasteiger partial charge in [-0.3, -0.25) is 4.79 Å². The largest absolute Gasteiger partial charge is 0.481 e. The molecule has 21 heavy (non-hydrogen) atoms. The number of hydrogen-bond donors (Lipinski definition) is 2. The summed E-state index contributed by atoms with van der Waals surface area (Å²) in [7, 11) is 0. The molecule has 2 N–H and O–H groups in total. The Morgan fingerprint density at radius 3 is 2.90 bits per heavy atom. The van der Waals surface area contributed by atoms with Crippen molar-refractivity contribution >= 4 is 23.3 Å². The summed E-state index contributed by atoms with van der Waals surface area (Å²) in [5.41, 5.74) is 1.23. The number of aliphatic carboxylic acids is 1. The van der Waals surface area contributed by atoms with E-state index in [1.54, 1.807) is 16.2 Å². The van der Waals surface area contributed by atoms with Gasteiger partial charge in [0.1, 0.15) is 0 Å². The monoisotopic (exact) mass is 312 g/mol. The minimum atomic E-state index is -0.910. The summed E-state index contributed by atoms with van der Waals surface area (Å²) in [6.45, 7) is 5.80. The van der Waals surface area contributed by atoms with E-state index in [4.69, 9.17) is 9.84 Å². The summed E-state index contributed by atoms with van der Waals surface area (Å²) in [4.78, 5) is 26.8. The molecule has 0 aromatic carbocycles. The van der Waals surface area contributed by atoms with E-state index in [1.165, 1.54) is 10.4 Å². The van der Waals surface area contributed by atoms with E-state index < -0.39 is 12.1 Å². The molecule has 7 heteroatoms. The van der Waals surface area contributed by atoms with Gasteiger partial charge < -0.3 is 20.1 Å². The topological polar surface area (TPSA) is 78.9 Å². The van der Waals surface area contributed by atoms with E-state index in [0.717, 1.165) is 4.88 Å². The molecule has 6 nitrogen and oxygen atoms in total. The fourth-order valence-corrected chi connectivity index (χ4v) is 3.23. The number of thiophene rings is 1. The van der Waals surface area contributed by atoms with E-state index in [1.807, 2.05) is 0 Å². The molecule has 1 aromatic heterocycles. The second-order valence-electron chi connectivity index (χ2n) is 5.15. The lowest BCUT2D eigenvalue weighted by atomic mass is 10.2. The van der Waals surface area contributed by atoms with Gasteiger partial charge in [-0.2, -0.15) is 0 Å². The van der Waals surface area contributed by atoms with Crippen LogP contribution in [-0.2, 0) is 16.1 Å². The number of carbonyl (C=O) groups excluding carboxylic acids is 1. The van der Waals surface area contributed by atoms with E-state index in [-0.39, 0.29) is 12.5 Å². The fourth-order valence-electron chi connectivity index (χ4n) is 2.23. The highest BCUT2D eigenvalue weighted by atomic mass is 32.1. The number of nitrogens with one attached hydrogen (secondary N) is 1. The Kier molecular flexibility index (Phi) is 5.19. The zero-order valence-electron chi connectivity index (χ0n) is 12.2. The highest BCUT2D eigenvalue weighted by molar-refractivity contribution is 7.12. The van der Waals surface area contributed by atoms with Gasteiger partial charge in [0.25, 0.3) is 0 Å². The van der Waals surface area contributed by atoms with Crippen LogP contribution in [0, 0.1) is 13.8 Å². The average molecular weight is 312 g/mol. The van der Waals surface area contributed by atoms with Crippen LogP contribution in [0.15, 0.2) is 6.07 Å². The number of carboxylic acid groups (broad SMARTS) is 1. The number of ether oxygens (including phenoxy) is 1. The van der Waals surface area contributed by atoms with E-state index >= 15 is 0 Å². The van der Waals surface area contributed by atoms with Crippen LogP contribution in [0.4, 0.5) is 4.79 Å². The summed E-state index contributed by atoms with van der Waals surface area (Å²) in [6, 6.07) is 1.91. The Labute approximate surface area is 127 Å². The zero-order chi connectivity index (χ0) is 15.4. The van der Waals surface area contributed by atoms with Crippen molar-refractivity contribution in [2.45, 2.75) is 32.9 Å². The number of hydrogen-bond acceptors (Lipinski definition) is 4. The van der Waals surface area contributed by atoms with Gasteiger partial charge in [0.2, 0.25) is 0 Å². The summed E-state index contributed by atoms with van der Waals surface area (Å²) in [6.07, 6.45) is -0.499. The number of carbonyl (C=O) groups is 2. The van der Waals surface area contributed by atoms with Gasteiger partial charge in [-0.05, 0) is 25.5 Å². The van der Waals surface area contributed by atoms with Crippen LogP contribution in [0.25, 0.3) is 0 Å². The molecule has 0 saturated carbocycles. The van der Waals surface area contributed by atoms with Gasteiger partial charge in [0.15, 0.2) is 0 Å². The van der Waals surface area contributed by atoms with Gasteiger partial charge >= 0.3 is 12.0 Å². The van der Waals surface area contributed by atoms with Crippen molar-refractivity contribution < 1.29 is 19.4 Å². The molecule has 2 heterocycles. The van der Waals surface area contributed by atoms with Crippen molar-refractivity contribution in [3.05, 3.63) is 21.4 Å². The van der Waals surface area contributed by atoms with Crippen molar-refractivity contribution in [2.24, 2.45) is 0 Å². The lowest BCUT2D eigenvalue weighted by Crippen LogP contribution is -2.49. The van der Waals surface area contributed by atoms with Crippen LogP contribution in [-0.4, -0.2) is 47.8 Å². The molecule has 0 bridgehead atoms. The molecule has 1 aromatic rings. The van der Waals surface area contributed by atoms with E-state index in [9.17, 15) is 9.59 Å². The summed E-state index contributed by atoms with van der Waals surface area (Å²) < 4.78 is 5.35. The van der Waals surface area contributed by atoms with Crippen LogP contribution in [0.2, 0.25) is 0 Å². The second-order valence-corrected chi connectivity index (χ2v) is 6.49. The molecule has 1 unspecified atom stereocenters. The summed E-state index contributed by atoms with van der Waals surface area (Å²) >= 11 is 1.68. The maximum absolute atomic E-state index is 12.1. The molecule has 0 radical (unpaired) electrons. The normalized spacial score (nSPS) is 18.6. The first-order chi connectivity index (χ1) is 9.95. The molecule has 1 fully saturated rings. The van der Waals surface area contributed by atoms with E-state index in [0.29, 0.717) is 26.2 Å². The maximum atomic E-state index is 12.1. The number of carboxylic acids is 1. The SMILES string of the molecule is Cc1cc(CNC(=O)N2CCOC(CC(=O)O)C2)sc1C. The number of urea groups is 1. The number of rotatable bonds is 4. The van der Waals surface area contributed by atoms with Crippen LogP contribution < -0.4 is 5.32 Å². The van der Waals surface area contributed by atoms with Crippen LogP contribution in [0.5, 0.6) is 0 Å². The molecule has 2 amide bonds. The molecule has 116 valence electrons. The van der Waals surface area contributed by atoms with Crippen molar-refractivity contribution in [2.75, 3.05) is 19.7 Å². The van der Waals surface area contributed by atoms with Gasteiger partial charge in [0.05, 0.1) is 25.7 Å². The van der Waals surface area contributed by atoms with Crippen molar-refractivity contribution in [3.8, 4) is 0 Å². The molecule has 1 saturated heterocycles. The lowest BCUT2D eigenvalue weighted by molar-refractivity contribution is -0.141. The first-order valence-electron chi connectivity index (χ1n) is 6.88. The van der Waals surface area contributed by atoms with Gasteiger partial charge in [-0.1, -0.05) is 0 Å². The summed E-state index contributed by atoms with van der Waals surface area (Å²) in [5, 5.41) is 11.7. The molecular formula is C14H20N2O4S.